The van der Waals surface area contributed by atoms with E-state index in [0.29, 0.717) is 0 Å². The molecule has 0 saturated heterocycles. The van der Waals surface area contributed by atoms with E-state index in [-0.39, 0.29) is 24.0 Å². The second-order valence-corrected chi connectivity index (χ2v) is 7.81. The van der Waals surface area contributed by atoms with Crippen molar-refractivity contribution in [3.63, 3.8) is 0 Å². The van der Waals surface area contributed by atoms with Gasteiger partial charge in [-0.15, -0.1) is 11.3 Å². The third kappa shape index (κ3) is 4.19. The molecule has 2 aromatic heterocycles. The van der Waals surface area contributed by atoms with Gasteiger partial charge in [0.15, 0.2) is 0 Å². The van der Waals surface area contributed by atoms with Crippen LogP contribution in [0.2, 0.25) is 0 Å². The van der Waals surface area contributed by atoms with Gasteiger partial charge in [-0.3, -0.25) is 14.2 Å². The largest absolute Gasteiger partial charge is 0.438 e. The monoisotopic (exact) mass is 423 g/mol. The number of nitrogens with zero attached hydrogens (tertiary/aromatic N) is 2. The van der Waals surface area contributed by atoms with Gasteiger partial charge in [-0.05, 0) is 55.0 Å². The maximum Gasteiger partial charge on any atom is 0.438 e. The molecular weight excluding hydrogens is 403 g/mol. The van der Waals surface area contributed by atoms with Gasteiger partial charge in [-0.2, -0.15) is 13.2 Å². The number of hydrogen-bond donors (Lipinski definition) is 1. The van der Waals surface area contributed by atoms with Crippen molar-refractivity contribution < 1.29 is 18.0 Å². The Labute approximate surface area is 169 Å². The lowest BCUT2D eigenvalue weighted by molar-refractivity contribution is -0.142. The Hall–Kier alpha value is -2.68. The average molecular weight is 423 g/mol. The van der Waals surface area contributed by atoms with Crippen LogP contribution in [0.3, 0.4) is 0 Å². The van der Waals surface area contributed by atoms with Crippen molar-refractivity contribution in [1.29, 1.82) is 0 Å². The van der Waals surface area contributed by atoms with Gasteiger partial charge in [0.05, 0.1) is 17.6 Å². The summed E-state index contributed by atoms with van der Waals surface area (Å²) < 4.78 is 41.3. The zero-order valence-electron chi connectivity index (χ0n) is 16.1. The van der Waals surface area contributed by atoms with Crippen LogP contribution in [-0.2, 0) is 17.5 Å². The minimum Gasteiger partial charge on any atom is -0.349 e. The number of halogens is 3. The van der Waals surface area contributed by atoms with Crippen LogP contribution in [-0.4, -0.2) is 15.5 Å². The first-order valence-electron chi connectivity index (χ1n) is 9.04. The molecule has 29 heavy (non-hydrogen) atoms. The Morgan fingerprint density at radius 3 is 2.55 bits per heavy atom. The van der Waals surface area contributed by atoms with Crippen molar-refractivity contribution in [3.8, 4) is 0 Å². The normalized spacial score (nSPS) is 12.9. The van der Waals surface area contributed by atoms with Crippen molar-refractivity contribution in [2.75, 3.05) is 0 Å². The summed E-state index contributed by atoms with van der Waals surface area (Å²) >= 11 is 1.45. The fraction of sp³-hybridized carbons (Fsp3) is 0.350. The molecule has 3 rings (SSSR count). The number of benzene rings is 1. The second kappa shape index (κ2) is 7.98. The predicted molar refractivity (Wildman–Crippen MR) is 106 cm³/mol. The van der Waals surface area contributed by atoms with Gasteiger partial charge in [-0.1, -0.05) is 13.0 Å². The van der Waals surface area contributed by atoms with Gasteiger partial charge in [0.25, 0.3) is 5.56 Å². The van der Waals surface area contributed by atoms with Crippen molar-refractivity contribution >= 4 is 28.3 Å². The molecule has 0 bridgehead atoms. The van der Waals surface area contributed by atoms with Gasteiger partial charge in [0, 0.05) is 4.88 Å². The van der Waals surface area contributed by atoms with E-state index >= 15 is 0 Å². The van der Waals surface area contributed by atoms with Gasteiger partial charge >= 0.3 is 6.18 Å². The molecule has 1 aromatic carbocycles. The van der Waals surface area contributed by atoms with Gasteiger partial charge in [-0.25, -0.2) is 4.98 Å². The predicted octanol–water partition coefficient (Wildman–Crippen LogP) is 4.36. The highest BCUT2D eigenvalue weighted by Crippen LogP contribution is 2.29. The highest BCUT2D eigenvalue weighted by atomic mass is 32.1. The van der Waals surface area contributed by atoms with Crippen molar-refractivity contribution in [2.45, 2.75) is 46.0 Å². The third-order valence-corrected chi connectivity index (χ3v) is 5.67. The molecule has 0 aliphatic rings. The number of carbonyl (C=O) groups is 1. The standard InChI is InChI=1S/C20H20F3N3O2S/c1-4-15(18(27)24-10-13-6-5-7-29-13)26-16-9-12(3)11(2)8-14(16)25-17(19(26)28)20(21,22)23/h5-9,15H,4,10H2,1-3H3,(H,24,27). The average Bonchev–Trinajstić information content (AvgIpc) is 3.16. The van der Waals surface area contributed by atoms with Crippen LogP contribution in [0.4, 0.5) is 13.2 Å². The highest BCUT2D eigenvalue weighted by Gasteiger charge is 2.38. The minimum atomic E-state index is -4.92. The molecule has 5 nitrogen and oxygen atoms in total. The van der Waals surface area contributed by atoms with Crippen LogP contribution in [0.1, 0.15) is 41.1 Å². The van der Waals surface area contributed by atoms with E-state index < -0.39 is 29.4 Å². The molecule has 0 fully saturated rings. The summed E-state index contributed by atoms with van der Waals surface area (Å²) in [5.41, 5.74) is -1.04. The highest BCUT2D eigenvalue weighted by molar-refractivity contribution is 7.09. The number of hydrogen-bond acceptors (Lipinski definition) is 4. The number of carbonyl (C=O) groups excluding carboxylic acids is 1. The number of thiophene rings is 1. The Bertz CT molecular complexity index is 1100. The lowest BCUT2D eigenvalue weighted by atomic mass is 10.1. The first kappa shape index (κ1) is 21.0. The third-order valence-electron chi connectivity index (χ3n) is 4.79. The van der Waals surface area contributed by atoms with E-state index in [1.165, 1.54) is 17.4 Å². The van der Waals surface area contributed by atoms with Crippen LogP contribution in [0, 0.1) is 13.8 Å². The number of amides is 1. The molecule has 0 radical (unpaired) electrons. The minimum absolute atomic E-state index is 0.0320. The van der Waals surface area contributed by atoms with E-state index in [0.717, 1.165) is 20.6 Å². The Morgan fingerprint density at radius 2 is 1.97 bits per heavy atom. The van der Waals surface area contributed by atoms with Crippen LogP contribution in [0.25, 0.3) is 11.0 Å². The summed E-state index contributed by atoms with van der Waals surface area (Å²) in [5.74, 6) is -0.512. The van der Waals surface area contributed by atoms with E-state index in [1.807, 2.05) is 17.5 Å². The molecule has 1 atom stereocenters. The molecule has 0 aliphatic heterocycles. The maximum atomic E-state index is 13.5. The van der Waals surface area contributed by atoms with Crippen molar-refractivity contribution in [1.82, 2.24) is 14.9 Å². The summed E-state index contributed by atoms with van der Waals surface area (Å²) in [5, 5.41) is 4.58. The number of alkyl halides is 3. The summed E-state index contributed by atoms with van der Waals surface area (Å²) in [6.45, 7) is 5.45. The Balaban J connectivity index is 2.16. The smallest absolute Gasteiger partial charge is 0.349 e. The van der Waals surface area contributed by atoms with Crippen LogP contribution in [0.5, 0.6) is 0 Å². The zero-order valence-corrected chi connectivity index (χ0v) is 16.9. The number of aromatic nitrogens is 2. The molecule has 2 heterocycles. The van der Waals surface area contributed by atoms with Crippen molar-refractivity contribution in [3.05, 3.63) is 61.7 Å². The molecule has 154 valence electrons. The fourth-order valence-electron chi connectivity index (χ4n) is 3.14. The Kier molecular flexibility index (Phi) is 5.79. The molecule has 3 aromatic rings. The first-order valence-corrected chi connectivity index (χ1v) is 9.92. The van der Waals surface area contributed by atoms with Crippen molar-refractivity contribution in [2.24, 2.45) is 0 Å². The number of rotatable bonds is 5. The summed E-state index contributed by atoms with van der Waals surface area (Å²) in [7, 11) is 0. The van der Waals surface area contributed by atoms with Gasteiger partial charge < -0.3 is 5.32 Å². The van der Waals surface area contributed by atoms with E-state index in [9.17, 15) is 22.8 Å². The molecular formula is C20H20F3N3O2S. The van der Waals surface area contributed by atoms with Gasteiger partial charge in [0.2, 0.25) is 11.6 Å². The molecule has 1 amide bonds. The molecule has 0 spiro atoms. The molecule has 1 N–H and O–H groups in total. The lowest BCUT2D eigenvalue weighted by Crippen LogP contribution is -2.39. The quantitative estimate of drug-likeness (QED) is 0.663. The number of fused-ring (bicyclic) bond motifs is 1. The van der Waals surface area contributed by atoms with Gasteiger partial charge in [0.1, 0.15) is 6.04 Å². The van der Waals surface area contributed by atoms with Crippen LogP contribution in [0.15, 0.2) is 34.4 Å². The SMILES string of the molecule is CCC(C(=O)NCc1cccs1)n1c(=O)c(C(F)(F)F)nc2cc(C)c(C)cc21. The number of nitrogens with one attached hydrogen (secondary N) is 1. The summed E-state index contributed by atoms with van der Waals surface area (Å²) in [6.07, 6.45) is -4.77. The summed E-state index contributed by atoms with van der Waals surface area (Å²) in [4.78, 5) is 30.1. The van der Waals surface area contributed by atoms with E-state index in [4.69, 9.17) is 0 Å². The lowest BCUT2D eigenvalue weighted by Gasteiger charge is -2.22. The first-order chi connectivity index (χ1) is 13.6. The maximum absolute atomic E-state index is 13.5. The molecule has 1 unspecified atom stereocenters. The summed E-state index contributed by atoms with van der Waals surface area (Å²) in [6, 6.07) is 5.70. The fourth-order valence-corrected chi connectivity index (χ4v) is 3.79. The van der Waals surface area contributed by atoms with Crippen LogP contribution >= 0.6 is 11.3 Å². The number of aryl methyl sites for hydroxylation is 2. The molecule has 9 heteroatoms. The van der Waals surface area contributed by atoms with E-state index in [1.54, 1.807) is 26.8 Å². The second-order valence-electron chi connectivity index (χ2n) is 6.78. The molecule has 0 aliphatic carbocycles. The zero-order chi connectivity index (χ0) is 21.3. The van der Waals surface area contributed by atoms with E-state index in [2.05, 4.69) is 10.3 Å². The topological polar surface area (TPSA) is 64.0 Å². The van der Waals surface area contributed by atoms with Crippen LogP contribution < -0.4 is 10.9 Å². The Morgan fingerprint density at radius 1 is 1.28 bits per heavy atom. The molecule has 0 saturated carbocycles.